The molecule has 0 aromatic carbocycles. The van der Waals surface area contributed by atoms with Gasteiger partial charge in [0.1, 0.15) is 0 Å². The molecule has 2 bridgehead atoms. The third-order valence-corrected chi connectivity index (χ3v) is 6.50. The molecule has 4 heteroatoms. The molecule has 4 nitrogen and oxygen atoms in total. The van der Waals surface area contributed by atoms with Crippen molar-refractivity contribution in [3.63, 3.8) is 0 Å². The minimum Gasteiger partial charge on any atom is -0.465 e. The van der Waals surface area contributed by atoms with E-state index in [9.17, 15) is 9.59 Å². The monoisotopic (exact) mass is 378 g/mol. The summed E-state index contributed by atoms with van der Waals surface area (Å²) in [6.45, 7) is 17.7. The van der Waals surface area contributed by atoms with Crippen LogP contribution in [-0.2, 0) is 19.1 Å². The first kappa shape index (κ1) is 22.0. The van der Waals surface area contributed by atoms with Crippen LogP contribution < -0.4 is 0 Å². The maximum Gasteiger partial charge on any atom is 0.310 e. The lowest BCUT2D eigenvalue weighted by Gasteiger charge is -2.43. The summed E-state index contributed by atoms with van der Waals surface area (Å²) in [5.41, 5.74) is -0.108. The summed E-state index contributed by atoms with van der Waals surface area (Å²) in [6.07, 6.45) is 4.33. The highest BCUT2D eigenvalue weighted by atomic mass is 16.5. The largest absolute Gasteiger partial charge is 0.465 e. The molecule has 4 atom stereocenters. The smallest absolute Gasteiger partial charge is 0.310 e. The molecule has 1 fully saturated rings. The number of hydrogen-bond acceptors (Lipinski definition) is 4. The van der Waals surface area contributed by atoms with E-state index < -0.39 is 11.8 Å². The lowest BCUT2D eigenvalue weighted by molar-refractivity contribution is -0.162. The van der Waals surface area contributed by atoms with Gasteiger partial charge < -0.3 is 9.47 Å². The molecule has 0 N–H and O–H groups in total. The van der Waals surface area contributed by atoms with E-state index in [1.165, 1.54) is 0 Å². The summed E-state index contributed by atoms with van der Waals surface area (Å²) in [7, 11) is 0. The van der Waals surface area contributed by atoms with Crippen LogP contribution in [0.1, 0.15) is 55.4 Å². The average molecular weight is 379 g/mol. The van der Waals surface area contributed by atoms with Crippen LogP contribution in [0.2, 0.25) is 0 Å². The van der Waals surface area contributed by atoms with Gasteiger partial charge >= 0.3 is 11.9 Å². The van der Waals surface area contributed by atoms with Crippen LogP contribution in [-0.4, -0.2) is 25.2 Å². The zero-order valence-corrected chi connectivity index (χ0v) is 18.3. The molecule has 154 valence electrons. The quantitative estimate of drug-likeness (QED) is 0.452. The molecule has 0 aromatic rings. The Morgan fingerprint density at radius 2 is 1.07 bits per heavy atom. The first-order chi connectivity index (χ1) is 12.5. The van der Waals surface area contributed by atoms with Gasteiger partial charge in [-0.2, -0.15) is 0 Å². The molecule has 2 rings (SSSR count). The van der Waals surface area contributed by atoms with Gasteiger partial charge in [0.2, 0.25) is 0 Å². The van der Waals surface area contributed by atoms with Crippen LogP contribution in [0.15, 0.2) is 12.2 Å². The van der Waals surface area contributed by atoms with Crippen LogP contribution >= 0.6 is 0 Å². The van der Waals surface area contributed by atoms with Gasteiger partial charge in [-0.15, -0.1) is 0 Å². The van der Waals surface area contributed by atoms with Gasteiger partial charge in [0, 0.05) is 0 Å². The van der Waals surface area contributed by atoms with E-state index in [1.807, 2.05) is 27.7 Å². The van der Waals surface area contributed by atoms with E-state index >= 15 is 0 Å². The molecule has 0 amide bonds. The molecule has 2 aliphatic carbocycles. The van der Waals surface area contributed by atoms with Crippen molar-refractivity contribution in [2.75, 3.05) is 13.2 Å². The predicted octanol–water partition coefficient (Wildman–Crippen LogP) is 4.73. The molecule has 0 heterocycles. The molecule has 27 heavy (non-hydrogen) atoms. The van der Waals surface area contributed by atoms with Crippen LogP contribution in [0.4, 0.5) is 0 Å². The third-order valence-electron chi connectivity index (χ3n) is 6.50. The van der Waals surface area contributed by atoms with Gasteiger partial charge in [0.25, 0.3) is 0 Å². The number of allylic oxidation sites excluding steroid dienone is 2. The van der Waals surface area contributed by atoms with Gasteiger partial charge in [-0.25, -0.2) is 0 Å². The second kappa shape index (κ2) is 8.36. The van der Waals surface area contributed by atoms with E-state index in [4.69, 9.17) is 9.47 Å². The van der Waals surface area contributed by atoms with Gasteiger partial charge in [-0.1, -0.05) is 67.5 Å². The second-order valence-corrected chi connectivity index (χ2v) is 9.85. The minimum absolute atomic E-state index is 0.0266. The van der Waals surface area contributed by atoms with E-state index in [1.54, 1.807) is 0 Å². The van der Waals surface area contributed by atoms with Crippen LogP contribution in [0.25, 0.3) is 0 Å². The number of esters is 2. The van der Waals surface area contributed by atoms with Crippen LogP contribution in [0.3, 0.4) is 0 Å². The van der Waals surface area contributed by atoms with Crippen molar-refractivity contribution >= 4 is 11.9 Å². The lowest BCUT2D eigenvalue weighted by Crippen LogP contribution is -2.40. The Morgan fingerprint density at radius 3 is 1.33 bits per heavy atom. The van der Waals surface area contributed by atoms with E-state index in [0.29, 0.717) is 25.0 Å². The third kappa shape index (κ3) is 3.82. The average Bonchev–Trinajstić information content (AvgIpc) is 3.09. The first-order valence-electron chi connectivity index (χ1n) is 10.6. The van der Waals surface area contributed by atoms with Crippen molar-refractivity contribution < 1.29 is 19.1 Å². The molecule has 0 aliphatic heterocycles. The van der Waals surface area contributed by atoms with Crippen molar-refractivity contribution in [2.45, 2.75) is 55.4 Å². The molecule has 0 saturated heterocycles. The van der Waals surface area contributed by atoms with Crippen LogP contribution in [0, 0.1) is 52.8 Å². The number of carbonyl (C=O) groups is 2. The highest BCUT2D eigenvalue weighted by Crippen LogP contribution is 2.66. The van der Waals surface area contributed by atoms with Crippen molar-refractivity contribution in [3.8, 4) is 0 Å². The summed E-state index contributed by atoms with van der Waals surface area (Å²) in [4.78, 5) is 26.1. The fourth-order valence-corrected chi connectivity index (χ4v) is 5.59. The highest BCUT2D eigenvalue weighted by Gasteiger charge is 2.67. The zero-order valence-electron chi connectivity index (χ0n) is 18.3. The van der Waals surface area contributed by atoms with E-state index in [0.717, 1.165) is 0 Å². The summed E-state index contributed by atoms with van der Waals surface area (Å²) in [6, 6.07) is 0. The minimum atomic E-state index is -0.441. The number of carbonyl (C=O) groups excluding carboxylic acids is 2. The first-order valence-corrected chi connectivity index (χ1v) is 10.6. The van der Waals surface area contributed by atoms with E-state index in [2.05, 4.69) is 39.8 Å². The number of rotatable bonds is 8. The SMILES string of the molecule is CC(C)COC(=O)C1C(C(=O)OCC(C)C)C2C=CC1C2(C(C)C)C(C)C. The summed E-state index contributed by atoms with van der Waals surface area (Å²) < 4.78 is 11.2. The van der Waals surface area contributed by atoms with Gasteiger partial charge in [0.05, 0.1) is 25.0 Å². The molecular weight excluding hydrogens is 340 g/mol. The maximum absolute atomic E-state index is 13.1. The molecule has 0 spiro atoms. The van der Waals surface area contributed by atoms with Crippen molar-refractivity contribution in [3.05, 3.63) is 12.2 Å². The Hall–Kier alpha value is -1.32. The topological polar surface area (TPSA) is 52.6 Å². The Bertz CT molecular complexity index is 523. The maximum atomic E-state index is 13.1. The van der Waals surface area contributed by atoms with Crippen molar-refractivity contribution in [1.29, 1.82) is 0 Å². The summed E-state index contributed by atoms with van der Waals surface area (Å²) in [5, 5.41) is 0. The number of fused-ring (bicyclic) bond motifs is 2. The number of hydrogen-bond donors (Lipinski definition) is 0. The summed E-state index contributed by atoms with van der Waals surface area (Å²) in [5.74, 6) is -0.0558. The van der Waals surface area contributed by atoms with Gasteiger partial charge in [0.15, 0.2) is 0 Å². The van der Waals surface area contributed by atoms with Crippen molar-refractivity contribution in [1.82, 2.24) is 0 Å². The standard InChI is InChI=1S/C23H38O4/c1-13(2)11-26-21(24)19-17-9-10-18(23(17,15(5)6)16(7)8)20(19)22(25)27-12-14(3)4/h9-10,13-20H,11-12H2,1-8H3. The number of ether oxygens (including phenoxy) is 2. The van der Waals surface area contributed by atoms with E-state index in [-0.39, 0.29) is 41.0 Å². The fourth-order valence-electron chi connectivity index (χ4n) is 5.59. The predicted molar refractivity (Wildman–Crippen MR) is 107 cm³/mol. The molecule has 1 saturated carbocycles. The lowest BCUT2D eigenvalue weighted by atomic mass is 9.60. The fraction of sp³-hybridized carbons (Fsp3) is 0.826. The molecule has 2 aliphatic rings. The van der Waals surface area contributed by atoms with Crippen LogP contribution in [0.5, 0.6) is 0 Å². The zero-order chi connectivity index (χ0) is 20.5. The molecular formula is C23H38O4. The molecule has 0 aromatic heterocycles. The summed E-state index contributed by atoms with van der Waals surface area (Å²) >= 11 is 0. The Morgan fingerprint density at radius 1 is 0.741 bits per heavy atom. The Kier molecular flexibility index (Phi) is 6.81. The van der Waals surface area contributed by atoms with Crippen molar-refractivity contribution in [2.24, 2.45) is 52.8 Å². The molecule has 0 radical (unpaired) electrons. The Balaban J connectivity index is 2.39. The molecule has 4 unspecified atom stereocenters. The van der Waals surface area contributed by atoms with Gasteiger partial charge in [-0.3, -0.25) is 9.59 Å². The normalized spacial score (nSPS) is 28.6. The Labute approximate surface area is 165 Å². The highest BCUT2D eigenvalue weighted by molar-refractivity contribution is 5.85. The van der Waals surface area contributed by atoms with Gasteiger partial charge in [-0.05, 0) is 40.9 Å². The second-order valence-electron chi connectivity index (χ2n) is 9.85.